The van der Waals surface area contributed by atoms with Crippen molar-refractivity contribution in [2.45, 2.75) is 19.8 Å². The summed E-state index contributed by atoms with van der Waals surface area (Å²) in [6.45, 7) is 2.19. The molecular formula is C18H18N2. The van der Waals surface area contributed by atoms with E-state index in [0.717, 1.165) is 28.8 Å². The van der Waals surface area contributed by atoms with Crippen LogP contribution >= 0.6 is 0 Å². The molecule has 3 rings (SSSR count). The molecule has 100 valence electrons. The lowest BCUT2D eigenvalue weighted by Crippen LogP contribution is -1.84. The molecule has 1 aromatic heterocycles. The van der Waals surface area contributed by atoms with Crippen LogP contribution in [0.4, 0.5) is 0 Å². The van der Waals surface area contributed by atoms with Crippen LogP contribution in [0.1, 0.15) is 25.3 Å². The predicted octanol–water partition coefficient (Wildman–Crippen LogP) is 5.04. The molecule has 0 aliphatic heterocycles. The summed E-state index contributed by atoms with van der Waals surface area (Å²) in [6.07, 6.45) is 6.69. The number of hydrogen-bond donors (Lipinski definition) is 1. The second-order valence-corrected chi connectivity index (χ2v) is 4.88. The number of hydrogen-bond acceptors (Lipinski definition) is 1. The van der Waals surface area contributed by atoms with Crippen molar-refractivity contribution in [1.29, 1.82) is 0 Å². The first-order valence-corrected chi connectivity index (χ1v) is 7.09. The second-order valence-electron chi connectivity index (χ2n) is 4.88. The van der Waals surface area contributed by atoms with Crippen molar-refractivity contribution in [2.75, 3.05) is 0 Å². The summed E-state index contributed by atoms with van der Waals surface area (Å²) in [5.74, 6) is 0.933. The van der Waals surface area contributed by atoms with Gasteiger partial charge < -0.3 is 4.98 Å². The van der Waals surface area contributed by atoms with Crippen LogP contribution in [-0.4, -0.2) is 9.97 Å². The van der Waals surface area contributed by atoms with E-state index in [9.17, 15) is 0 Å². The summed E-state index contributed by atoms with van der Waals surface area (Å²) < 4.78 is 0. The van der Waals surface area contributed by atoms with Crippen molar-refractivity contribution in [3.63, 3.8) is 0 Å². The van der Waals surface area contributed by atoms with Crippen molar-refractivity contribution in [3.05, 3.63) is 60.2 Å². The second kappa shape index (κ2) is 5.74. The topological polar surface area (TPSA) is 28.7 Å². The maximum atomic E-state index is 4.68. The highest BCUT2D eigenvalue weighted by molar-refractivity contribution is 5.81. The summed E-state index contributed by atoms with van der Waals surface area (Å²) in [7, 11) is 0. The average molecular weight is 262 g/mol. The van der Waals surface area contributed by atoms with Crippen LogP contribution in [0, 0.1) is 0 Å². The molecular weight excluding hydrogens is 244 g/mol. The Hall–Kier alpha value is -2.35. The number of aromatic amines is 1. The van der Waals surface area contributed by atoms with E-state index in [1.807, 2.05) is 18.2 Å². The molecule has 1 heterocycles. The summed E-state index contributed by atoms with van der Waals surface area (Å²) in [4.78, 5) is 8.08. The van der Waals surface area contributed by atoms with Gasteiger partial charge in [-0.15, -0.1) is 0 Å². The molecule has 0 aliphatic rings. The first-order chi connectivity index (χ1) is 9.88. The number of nitrogens with zero attached hydrogens (tertiary/aromatic N) is 1. The van der Waals surface area contributed by atoms with E-state index in [1.165, 1.54) is 12.0 Å². The highest BCUT2D eigenvalue weighted by atomic mass is 14.9. The number of imidazole rings is 1. The molecule has 0 atom stereocenters. The zero-order chi connectivity index (χ0) is 13.8. The SMILES string of the molecule is CCCC=Cc1ccccc1-c1nc2ccccc2[nH]1. The van der Waals surface area contributed by atoms with E-state index in [2.05, 4.69) is 59.4 Å². The summed E-state index contributed by atoms with van der Waals surface area (Å²) in [5, 5.41) is 0. The van der Waals surface area contributed by atoms with Gasteiger partial charge in [0.25, 0.3) is 0 Å². The highest BCUT2D eigenvalue weighted by Gasteiger charge is 2.07. The number of benzene rings is 2. The van der Waals surface area contributed by atoms with Gasteiger partial charge >= 0.3 is 0 Å². The largest absolute Gasteiger partial charge is 0.338 e. The lowest BCUT2D eigenvalue weighted by Gasteiger charge is -2.02. The first kappa shape index (κ1) is 12.7. The summed E-state index contributed by atoms with van der Waals surface area (Å²) in [6, 6.07) is 16.5. The van der Waals surface area contributed by atoms with E-state index < -0.39 is 0 Å². The highest BCUT2D eigenvalue weighted by Crippen LogP contribution is 2.24. The molecule has 0 saturated carbocycles. The summed E-state index contributed by atoms with van der Waals surface area (Å²) in [5.41, 5.74) is 4.45. The Morgan fingerprint density at radius 2 is 1.85 bits per heavy atom. The van der Waals surface area contributed by atoms with Crippen LogP contribution in [0.2, 0.25) is 0 Å². The number of rotatable bonds is 4. The molecule has 2 aromatic carbocycles. The fraction of sp³-hybridized carbons (Fsp3) is 0.167. The molecule has 3 aromatic rings. The number of nitrogens with one attached hydrogen (secondary N) is 1. The Bertz CT molecular complexity index is 705. The molecule has 0 fully saturated rings. The Balaban J connectivity index is 2.04. The fourth-order valence-corrected chi connectivity index (χ4v) is 2.32. The molecule has 0 unspecified atom stereocenters. The van der Waals surface area contributed by atoms with E-state index in [1.54, 1.807) is 0 Å². The lowest BCUT2D eigenvalue weighted by molar-refractivity contribution is 0.962. The maximum Gasteiger partial charge on any atom is 0.139 e. The van der Waals surface area contributed by atoms with Crippen molar-refractivity contribution in [1.82, 2.24) is 9.97 Å². The number of H-pyrrole nitrogens is 1. The normalized spacial score (nSPS) is 11.4. The minimum Gasteiger partial charge on any atom is -0.338 e. The molecule has 0 aliphatic carbocycles. The third-order valence-electron chi connectivity index (χ3n) is 3.36. The van der Waals surface area contributed by atoms with Crippen LogP contribution in [0.15, 0.2) is 54.6 Å². The van der Waals surface area contributed by atoms with Gasteiger partial charge in [0.05, 0.1) is 11.0 Å². The van der Waals surface area contributed by atoms with E-state index in [-0.39, 0.29) is 0 Å². The zero-order valence-electron chi connectivity index (χ0n) is 11.6. The van der Waals surface area contributed by atoms with Crippen molar-refractivity contribution >= 4 is 17.1 Å². The van der Waals surface area contributed by atoms with Crippen LogP contribution in [0.3, 0.4) is 0 Å². The molecule has 1 N–H and O–H groups in total. The molecule has 20 heavy (non-hydrogen) atoms. The molecule has 0 radical (unpaired) electrons. The predicted molar refractivity (Wildman–Crippen MR) is 85.5 cm³/mol. The van der Waals surface area contributed by atoms with Crippen molar-refractivity contribution in [3.8, 4) is 11.4 Å². The van der Waals surface area contributed by atoms with Gasteiger partial charge in [0, 0.05) is 5.56 Å². The van der Waals surface area contributed by atoms with Crippen LogP contribution in [0.25, 0.3) is 28.5 Å². The van der Waals surface area contributed by atoms with Crippen LogP contribution in [0.5, 0.6) is 0 Å². The van der Waals surface area contributed by atoms with E-state index in [4.69, 9.17) is 0 Å². The van der Waals surface area contributed by atoms with E-state index >= 15 is 0 Å². The van der Waals surface area contributed by atoms with Crippen LogP contribution in [-0.2, 0) is 0 Å². The zero-order valence-corrected chi connectivity index (χ0v) is 11.6. The quantitative estimate of drug-likeness (QED) is 0.700. The molecule has 0 spiro atoms. The standard InChI is InChI=1S/C18H18N2/c1-2-3-4-9-14-10-5-6-11-15(14)18-19-16-12-7-8-13-17(16)20-18/h4-13H,2-3H2,1H3,(H,19,20). The van der Waals surface area contributed by atoms with Crippen molar-refractivity contribution in [2.24, 2.45) is 0 Å². The fourth-order valence-electron chi connectivity index (χ4n) is 2.32. The third-order valence-corrected chi connectivity index (χ3v) is 3.36. The minimum atomic E-state index is 0.933. The molecule has 2 nitrogen and oxygen atoms in total. The number of allylic oxidation sites excluding steroid dienone is 1. The van der Waals surface area contributed by atoms with Gasteiger partial charge in [0.2, 0.25) is 0 Å². The number of para-hydroxylation sites is 2. The number of aromatic nitrogens is 2. The Labute approximate surface area is 119 Å². The third kappa shape index (κ3) is 2.50. The Kier molecular flexibility index (Phi) is 3.64. The Morgan fingerprint density at radius 1 is 1.05 bits per heavy atom. The average Bonchev–Trinajstić information content (AvgIpc) is 2.92. The molecule has 0 bridgehead atoms. The van der Waals surface area contributed by atoms with Gasteiger partial charge in [-0.2, -0.15) is 0 Å². The van der Waals surface area contributed by atoms with Gasteiger partial charge in [-0.3, -0.25) is 0 Å². The number of unbranched alkanes of at least 4 members (excludes halogenated alkanes) is 1. The monoisotopic (exact) mass is 262 g/mol. The minimum absolute atomic E-state index is 0.933. The molecule has 0 saturated heterocycles. The van der Waals surface area contributed by atoms with E-state index in [0.29, 0.717) is 0 Å². The van der Waals surface area contributed by atoms with Crippen molar-refractivity contribution < 1.29 is 0 Å². The van der Waals surface area contributed by atoms with Gasteiger partial charge in [0.1, 0.15) is 5.82 Å². The molecule has 0 amide bonds. The number of fused-ring (bicyclic) bond motifs is 1. The van der Waals surface area contributed by atoms with Gasteiger partial charge in [-0.1, -0.05) is 61.9 Å². The molecule has 2 heteroatoms. The van der Waals surface area contributed by atoms with Gasteiger partial charge in [0.15, 0.2) is 0 Å². The summed E-state index contributed by atoms with van der Waals surface area (Å²) >= 11 is 0. The van der Waals surface area contributed by atoms with Gasteiger partial charge in [-0.05, 0) is 24.1 Å². The maximum absolute atomic E-state index is 4.68. The lowest BCUT2D eigenvalue weighted by atomic mass is 10.1. The van der Waals surface area contributed by atoms with Crippen LogP contribution < -0.4 is 0 Å². The smallest absolute Gasteiger partial charge is 0.139 e. The first-order valence-electron chi connectivity index (χ1n) is 7.09. The Morgan fingerprint density at radius 3 is 2.70 bits per heavy atom. The van der Waals surface area contributed by atoms with Gasteiger partial charge in [-0.25, -0.2) is 4.98 Å².